The van der Waals surface area contributed by atoms with Gasteiger partial charge in [-0.25, -0.2) is 4.79 Å². The summed E-state index contributed by atoms with van der Waals surface area (Å²) in [6, 6.07) is 25.1. The van der Waals surface area contributed by atoms with Crippen LogP contribution in [-0.4, -0.2) is 31.3 Å². The third-order valence-corrected chi connectivity index (χ3v) is 5.61. The zero-order valence-corrected chi connectivity index (χ0v) is 18.9. The summed E-state index contributed by atoms with van der Waals surface area (Å²) in [5, 5.41) is 2.68. The number of halogens is 1. The molecule has 3 aromatic rings. The molecule has 3 aromatic carbocycles. The van der Waals surface area contributed by atoms with Crippen LogP contribution in [0.3, 0.4) is 0 Å². The summed E-state index contributed by atoms with van der Waals surface area (Å²) in [5.74, 6) is -0.455. The molecule has 0 aromatic heterocycles. The first-order chi connectivity index (χ1) is 15.7. The molecule has 3 N–H and O–H groups in total. The van der Waals surface area contributed by atoms with Crippen LogP contribution in [0.1, 0.15) is 29.0 Å². The van der Waals surface area contributed by atoms with Crippen molar-refractivity contribution in [2.24, 2.45) is 5.73 Å². The van der Waals surface area contributed by atoms with Crippen molar-refractivity contribution in [2.75, 3.05) is 13.2 Å². The molecule has 4 rings (SSSR count). The zero-order chi connectivity index (χ0) is 22.3. The zero-order valence-electron chi connectivity index (χ0n) is 18.1. The van der Waals surface area contributed by atoms with Crippen LogP contribution in [0, 0.1) is 0 Å². The van der Waals surface area contributed by atoms with Crippen LogP contribution >= 0.6 is 12.4 Å². The van der Waals surface area contributed by atoms with E-state index >= 15 is 0 Å². The van der Waals surface area contributed by atoms with Gasteiger partial charge in [0.25, 0.3) is 0 Å². The van der Waals surface area contributed by atoms with Gasteiger partial charge in [-0.2, -0.15) is 0 Å². The van der Waals surface area contributed by atoms with Crippen molar-refractivity contribution in [3.8, 4) is 11.1 Å². The van der Waals surface area contributed by atoms with Gasteiger partial charge in [0.05, 0.1) is 12.5 Å². The lowest BCUT2D eigenvalue weighted by Crippen LogP contribution is -2.42. The monoisotopic (exact) mass is 466 g/mol. The van der Waals surface area contributed by atoms with Crippen molar-refractivity contribution in [3.63, 3.8) is 0 Å². The Morgan fingerprint density at radius 1 is 0.848 bits per heavy atom. The minimum absolute atomic E-state index is 0. The average molecular weight is 467 g/mol. The molecule has 1 aliphatic carbocycles. The Labute approximate surface area is 199 Å². The maximum atomic E-state index is 12.4. The van der Waals surface area contributed by atoms with E-state index in [4.69, 9.17) is 15.2 Å². The number of carbonyl (C=O) groups excluding carboxylic acids is 2. The van der Waals surface area contributed by atoms with Gasteiger partial charge in [-0.3, -0.25) is 4.79 Å². The van der Waals surface area contributed by atoms with Crippen molar-refractivity contribution in [3.05, 3.63) is 95.6 Å². The van der Waals surface area contributed by atoms with E-state index in [-0.39, 0.29) is 44.5 Å². The number of alkyl carbamates (subject to hydrolysis) is 1. The van der Waals surface area contributed by atoms with Crippen molar-refractivity contribution in [1.29, 1.82) is 0 Å². The van der Waals surface area contributed by atoms with Crippen LogP contribution in [0.5, 0.6) is 0 Å². The smallest absolute Gasteiger partial charge is 0.407 e. The molecule has 1 atom stereocenters. The van der Waals surface area contributed by atoms with E-state index in [1.54, 1.807) is 0 Å². The predicted molar refractivity (Wildman–Crippen MR) is 129 cm³/mol. The molecule has 1 amide bonds. The van der Waals surface area contributed by atoms with Gasteiger partial charge in [0.2, 0.25) is 0 Å². The fourth-order valence-electron chi connectivity index (χ4n) is 4.00. The molecule has 0 fully saturated rings. The van der Waals surface area contributed by atoms with Crippen molar-refractivity contribution < 1.29 is 19.1 Å². The fourth-order valence-corrected chi connectivity index (χ4v) is 4.00. The summed E-state index contributed by atoms with van der Waals surface area (Å²) < 4.78 is 10.8. The third kappa shape index (κ3) is 5.92. The molecule has 0 saturated carbocycles. The Balaban J connectivity index is 0.00000306. The number of rotatable bonds is 8. The highest BCUT2D eigenvalue weighted by Gasteiger charge is 2.29. The number of amides is 1. The van der Waals surface area contributed by atoms with Gasteiger partial charge >= 0.3 is 12.1 Å². The number of benzene rings is 3. The second-order valence-corrected chi connectivity index (χ2v) is 7.75. The van der Waals surface area contributed by atoms with E-state index in [0.717, 1.165) is 27.8 Å². The Morgan fingerprint density at radius 3 is 2.03 bits per heavy atom. The van der Waals surface area contributed by atoms with Gasteiger partial charge in [-0.1, -0.05) is 78.9 Å². The lowest BCUT2D eigenvalue weighted by Gasteiger charge is -2.18. The summed E-state index contributed by atoms with van der Waals surface area (Å²) in [5.41, 5.74) is 11.3. The van der Waals surface area contributed by atoms with Crippen molar-refractivity contribution in [1.82, 2.24) is 5.32 Å². The molecule has 0 bridgehead atoms. The normalized spacial score (nSPS) is 12.6. The molecular formula is C26H27ClN2O4. The number of nitrogens with two attached hydrogens (primary N) is 1. The van der Waals surface area contributed by atoms with Crippen LogP contribution < -0.4 is 11.1 Å². The molecule has 6 nitrogen and oxygen atoms in total. The maximum absolute atomic E-state index is 12.4. The number of fused-ring (bicyclic) bond motifs is 3. The Kier molecular flexibility index (Phi) is 8.46. The molecule has 33 heavy (non-hydrogen) atoms. The van der Waals surface area contributed by atoms with Crippen LogP contribution in [0.2, 0.25) is 0 Å². The van der Waals surface area contributed by atoms with Gasteiger partial charge in [0, 0.05) is 12.5 Å². The number of esters is 1. The quantitative estimate of drug-likeness (QED) is 0.480. The van der Waals surface area contributed by atoms with Gasteiger partial charge < -0.3 is 20.5 Å². The molecular weight excluding hydrogens is 440 g/mol. The minimum Gasteiger partial charge on any atom is -0.461 e. The first kappa shape index (κ1) is 24.3. The van der Waals surface area contributed by atoms with Crippen molar-refractivity contribution >= 4 is 24.5 Å². The Hall–Kier alpha value is -3.35. The molecule has 7 heteroatoms. The fraction of sp³-hybridized carbons (Fsp3) is 0.231. The van der Waals surface area contributed by atoms with Gasteiger partial charge in [0.1, 0.15) is 13.2 Å². The Bertz CT molecular complexity index is 1040. The highest BCUT2D eigenvalue weighted by atomic mass is 35.5. The maximum Gasteiger partial charge on any atom is 0.407 e. The van der Waals surface area contributed by atoms with Gasteiger partial charge in [-0.05, 0) is 27.8 Å². The molecule has 1 aliphatic rings. The number of ether oxygens (including phenoxy) is 2. The van der Waals surface area contributed by atoms with E-state index < -0.39 is 18.1 Å². The van der Waals surface area contributed by atoms with E-state index in [0.29, 0.717) is 0 Å². The largest absolute Gasteiger partial charge is 0.461 e. The second kappa shape index (κ2) is 11.5. The summed E-state index contributed by atoms with van der Waals surface area (Å²) in [6.07, 6.45) is -0.619. The lowest BCUT2D eigenvalue weighted by atomic mass is 9.98. The number of nitrogens with one attached hydrogen (secondary N) is 1. The van der Waals surface area contributed by atoms with E-state index in [1.807, 2.05) is 54.6 Å². The van der Waals surface area contributed by atoms with E-state index in [1.165, 1.54) is 0 Å². The summed E-state index contributed by atoms with van der Waals surface area (Å²) >= 11 is 0. The molecule has 0 heterocycles. The number of hydrogen-bond acceptors (Lipinski definition) is 5. The first-order valence-corrected chi connectivity index (χ1v) is 10.7. The van der Waals surface area contributed by atoms with Gasteiger partial charge in [0.15, 0.2) is 0 Å². The molecule has 0 saturated heterocycles. The summed E-state index contributed by atoms with van der Waals surface area (Å²) in [7, 11) is 0. The summed E-state index contributed by atoms with van der Waals surface area (Å²) in [6.45, 7) is 0.488. The van der Waals surface area contributed by atoms with Crippen LogP contribution in [-0.2, 0) is 20.9 Å². The topological polar surface area (TPSA) is 90.7 Å². The minimum atomic E-state index is -0.599. The Morgan fingerprint density at radius 2 is 1.42 bits per heavy atom. The number of hydrogen-bond donors (Lipinski definition) is 2. The molecule has 0 aliphatic heterocycles. The van der Waals surface area contributed by atoms with Gasteiger partial charge in [-0.15, -0.1) is 12.4 Å². The van der Waals surface area contributed by atoms with Crippen LogP contribution in [0.25, 0.3) is 11.1 Å². The second-order valence-electron chi connectivity index (χ2n) is 7.75. The molecule has 0 spiro atoms. The average Bonchev–Trinajstić information content (AvgIpc) is 3.15. The van der Waals surface area contributed by atoms with E-state index in [9.17, 15) is 9.59 Å². The third-order valence-electron chi connectivity index (χ3n) is 5.61. The van der Waals surface area contributed by atoms with Crippen LogP contribution in [0.15, 0.2) is 78.9 Å². The molecule has 0 radical (unpaired) electrons. The molecule has 172 valence electrons. The van der Waals surface area contributed by atoms with Crippen LogP contribution in [0.4, 0.5) is 4.79 Å². The predicted octanol–water partition coefficient (Wildman–Crippen LogP) is 4.41. The van der Waals surface area contributed by atoms with E-state index in [2.05, 4.69) is 29.6 Å². The molecule has 0 unspecified atom stereocenters. The first-order valence-electron chi connectivity index (χ1n) is 10.7. The highest BCUT2D eigenvalue weighted by Crippen LogP contribution is 2.44. The number of carbonyl (C=O) groups is 2. The lowest BCUT2D eigenvalue weighted by molar-refractivity contribution is -0.145. The highest BCUT2D eigenvalue weighted by molar-refractivity contribution is 5.85. The summed E-state index contributed by atoms with van der Waals surface area (Å²) in [4.78, 5) is 24.6. The standard InChI is InChI=1S/C26H26N2O4.ClH/c27-15-19(14-25(29)31-16-18-8-2-1-3-9-18)28-26(30)32-17-24-22-12-6-4-10-20(22)21-11-5-7-13-23(21)24;/h1-13,19,24H,14-17,27H2,(H,28,30);1H/t19-;/m0./s1. The van der Waals surface area contributed by atoms with Crippen molar-refractivity contribution in [2.45, 2.75) is 25.0 Å². The SMILES string of the molecule is Cl.NC[C@H](CC(=O)OCc1ccccc1)NC(=O)OCC1c2ccccc2-c2ccccc21.